The number of likely N-dealkylation sites (tertiary alicyclic amines) is 1. The lowest BCUT2D eigenvalue weighted by atomic mass is 10.0. The third-order valence-corrected chi connectivity index (χ3v) is 5.20. The molecule has 2 rings (SSSR count). The van der Waals surface area contributed by atoms with E-state index in [1.165, 1.54) is 4.90 Å². The van der Waals surface area contributed by atoms with Gasteiger partial charge in [-0.2, -0.15) is 0 Å². The van der Waals surface area contributed by atoms with Gasteiger partial charge in [-0.25, -0.2) is 4.79 Å². The maximum Gasteiger partial charge on any atom is 0.326 e. The maximum absolute atomic E-state index is 13.2. The summed E-state index contributed by atoms with van der Waals surface area (Å²) in [7, 11) is 0. The largest absolute Gasteiger partial charge is 0.481 e. The minimum absolute atomic E-state index is 0.201. The lowest BCUT2D eigenvalue weighted by Gasteiger charge is -2.29. The summed E-state index contributed by atoms with van der Waals surface area (Å²) in [6, 6.07) is 5.81. The van der Waals surface area contributed by atoms with Crippen molar-refractivity contribution in [2.24, 2.45) is 5.73 Å². The molecule has 0 aliphatic carbocycles. The first-order valence-electron chi connectivity index (χ1n) is 10.3. The third-order valence-electron chi connectivity index (χ3n) is 5.20. The number of carbonyl (C=O) groups is 5. The minimum atomic E-state index is -1.38. The summed E-state index contributed by atoms with van der Waals surface area (Å²) in [6.45, 7) is -0.0279. The van der Waals surface area contributed by atoms with E-state index in [1.807, 2.05) is 18.2 Å². The van der Waals surface area contributed by atoms with Crippen LogP contribution in [0.2, 0.25) is 0 Å². The first-order valence-corrected chi connectivity index (χ1v) is 10.3. The third kappa shape index (κ3) is 7.05. The molecule has 1 heterocycles. The summed E-state index contributed by atoms with van der Waals surface area (Å²) in [5, 5.41) is 23.0. The van der Waals surface area contributed by atoms with Gasteiger partial charge in [-0.05, 0) is 24.8 Å². The number of carboxylic acids is 2. The van der Waals surface area contributed by atoms with Crippen LogP contribution in [0.4, 0.5) is 0 Å². The number of nitrogens with one attached hydrogen (secondary N) is 2. The van der Waals surface area contributed by atoms with Gasteiger partial charge in [-0.1, -0.05) is 30.3 Å². The Morgan fingerprint density at radius 1 is 1.06 bits per heavy atom. The first kappa shape index (κ1) is 24.8. The standard InChI is InChI=1S/C21H28N4O7/c22-12-17(26)23-15(11-13-5-2-1-3-6-13)20(30)25-10-4-7-16(25)19(29)24-14(21(31)32)8-9-18(27)28/h1-3,5-6,14-16H,4,7-12,22H2,(H,23,26)(H,24,29)(H,27,28)(H,31,32). The smallest absolute Gasteiger partial charge is 0.326 e. The molecule has 11 nitrogen and oxygen atoms in total. The first-order chi connectivity index (χ1) is 15.2. The summed E-state index contributed by atoms with van der Waals surface area (Å²) in [4.78, 5) is 61.4. The number of rotatable bonds is 11. The Kier molecular flexibility index (Phi) is 9.14. The number of nitrogens with zero attached hydrogens (tertiary/aromatic N) is 1. The van der Waals surface area contributed by atoms with Gasteiger partial charge in [0, 0.05) is 19.4 Å². The zero-order chi connectivity index (χ0) is 23.7. The van der Waals surface area contributed by atoms with Crippen LogP contribution in [0, 0.1) is 0 Å². The molecule has 1 aliphatic heterocycles. The Balaban J connectivity index is 2.14. The highest BCUT2D eigenvalue weighted by molar-refractivity contribution is 5.94. The van der Waals surface area contributed by atoms with E-state index in [0.717, 1.165) is 5.56 Å². The van der Waals surface area contributed by atoms with Gasteiger partial charge in [0.15, 0.2) is 0 Å². The number of aliphatic carboxylic acids is 2. The van der Waals surface area contributed by atoms with Crippen molar-refractivity contribution in [3.8, 4) is 0 Å². The predicted octanol–water partition coefficient (Wildman–Crippen LogP) is -0.902. The molecular formula is C21H28N4O7. The van der Waals surface area contributed by atoms with Crippen LogP contribution < -0.4 is 16.4 Å². The second-order valence-corrected chi connectivity index (χ2v) is 7.54. The van der Waals surface area contributed by atoms with Crippen LogP contribution in [0.25, 0.3) is 0 Å². The second kappa shape index (κ2) is 11.8. The summed E-state index contributed by atoms with van der Waals surface area (Å²) < 4.78 is 0. The van der Waals surface area contributed by atoms with Crippen molar-refractivity contribution in [3.63, 3.8) is 0 Å². The maximum atomic E-state index is 13.2. The predicted molar refractivity (Wildman–Crippen MR) is 112 cm³/mol. The van der Waals surface area contributed by atoms with E-state index >= 15 is 0 Å². The number of carbonyl (C=O) groups excluding carboxylic acids is 3. The van der Waals surface area contributed by atoms with Gasteiger partial charge in [0.2, 0.25) is 17.7 Å². The molecule has 174 valence electrons. The molecule has 1 aromatic rings. The topological polar surface area (TPSA) is 179 Å². The zero-order valence-corrected chi connectivity index (χ0v) is 17.5. The number of amides is 3. The quantitative estimate of drug-likeness (QED) is 0.289. The van der Waals surface area contributed by atoms with E-state index in [9.17, 15) is 29.1 Å². The molecule has 3 atom stereocenters. The molecule has 1 saturated heterocycles. The van der Waals surface area contributed by atoms with Crippen molar-refractivity contribution in [2.45, 2.75) is 50.2 Å². The molecule has 0 radical (unpaired) electrons. The highest BCUT2D eigenvalue weighted by Gasteiger charge is 2.38. The van der Waals surface area contributed by atoms with E-state index < -0.39 is 54.2 Å². The SMILES string of the molecule is NCC(=O)NC(Cc1ccccc1)C(=O)N1CCCC1C(=O)NC(CCC(=O)O)C(=O)O. The molecule has 32 heavy (non-hydrogen) atoms. The summed E-state index contributed by atoms with van der Waals surface area (Å²) >= 11 is 0. The fourth-order valence-corrected chi connectivity index (χ4v) is 3.60. The van der Waals surface area contributed by atoms with E-state index in [2.05, 4.69) is 10.6 Å². The molecule has 0 saturated carbocycles. The zero-order valence-electron chi connectivity index (χ0n) is 17.5. The Morgan fingerprint density at radius 2 is 1.75 bits per heavy atom. The fraction of sp³-hybridized carbons (Fsp3) is 0.476. The second-order valence-electron chi connectivity index (χ2n) is 7.54. The highest BCUT2D eigenvalue weighted by atomic mass is 16.4. The number of hydrogen-bond donors (Lipinski definition) is 5. The van der Waals surface area contributed by atoms with Gasteiger partial charge in [0.1, 0.15) is 18.1 Å². The Morgan fingerprint density at radius 3 is 2.34 bits per heavy atom. The van der Waals surface area contributed by atoms with Crippen molar-refractivity contribution in [3.05, 3.63) is 35.9 Å². The summed E-state index contributed by atoms with van der Waals surface area (Å²) in [5.41, 5.74) is 6.19. The molecule has 1 fully saturated rings. The summed E-state index contributed by atoms with van der Waals surface area (Å²) in [6.07, 6.45) is 0.354. The average molecular weight is 448 g/mol. The van der Waals surface area contributed by atoms with Gasteiger partial charge < -0.3 is 31.5 Å². The van der Waals surface area contributed by atoms with Crippen LogP contribution in [-0.4, -0.2) is 76.0 Å². The highest BCUT2D eigenvalue weighted by Crippen LogP contribution is 2.20. The van der Waals surface area contributed by atoms with Gasteiger partial charge in [-0.15, -0.1) is 0 Å². The van der Waals surface area contributed by atoms with Crippen LogP contribution in [0.1, 0.15) is 31.2 Å². The molecule has 0 bridgehead atoms. The molecule has 1 aliphatic rings. The molecule has 1 aromatic carbocycles. The Hall–Kier alpha value is -3.47. The molecule has 3 unspecified atom stereocenters. The van der Waals surface area contributed by atoms with Crippen molar-refractivity contribution in [1.29, 1.82) is 0 Å². The van der Waals surface area contributed by atoms with Crippen LogP contribution >= 0.6 is 0 Å². The van der Waals surface area contributed by atoms with E-state index in [1.54, 1.807) is 12.1 Å². The van der Waals surface area contributed by atoms with Gasteiger partial charge in [0.05, 0.1) is 6.54 Å². The molecule has 3 amide bonds. The van der Waals surface area contributed by atoms with Gasteiger partial charge >= 0.3 is 11.9 Å². The van der Waals surface area contributed by atoms with E-state index in [-0.39, 0.29) is 25.9 Å². The molecular weight excluding hydrogens is 420 g/mol. The number of hydrogen-bond acceptors (Lipinski definition) is 6. The monoisotopic (exact) mass is 448 g/mol. The lowest BCUT2D eigenvalue weighted by Crippen LogP contribution is -2.56. The molecule has 6 N–H and O–H groups in total. The molecule has 0 aromatic heterocycles. The Bertz CT molecular complexity index is 846. The van der Waals surface area contributed by atoms with Crippen LogP contribution in [0.3, 0.4) is 0 Å². The Labute approximate surface area is 184 Å². The molecule has 0 spiro atoms. The molecule has 11 heteroatoms. The van der Waals surface area contributed by atoms with Crippen molar-refractivity contribution < 1.29 is 34.2 Å². The fourth-order valence-electron chi connectivity index (χ4n) is 3.60. The van der Waals surface area contributed by atoms with E-state index in [4.69, 9.17) is 10.8 Å². The number of nitrogens with two attached hydrogens (primary N) is 1. The van der Waals surface area contributed by atoms with Crippen LogP contribution in [0.15, 0.2) is 30.3 Å². The van der Waals surface area contributed by atoms with Crippen molar-refractivity contribution >= 4 is 29.7 Å². The number of carboxylic acid groups (broad SMARTS) is 2. The lowest BCUT2D eigenvalue weighted by molar-refractivity contribution is -0.145. The van der Waals surface area contributed by atoms with Crippen molar-refractivity contribution in [2.75, 3.05) is 13.1 Å². The van der Waals surface area contributed by atoms with E-state index in [0.29, 0.717) is 12.8 Å². The summed E-state index contributed by atoms with van der Waals surface area (Å²) in [5.74, 6) is -4.18. The van der Waals surface area contributed by atoms with Crippen LogP contribution in [-0.2, 0) is 30.4 Å². The number of benzene rings is 1. The van der Waals surface area contributed by atoms with Gasteiger partial charge in [-0.3, -0.25) is 19.2 Å². The van der Waals surface area contributed by atoms with Crippen molar-refractivity contribution in [1.82, 2.24) is 15.5 Å². The van der Waals surface area contributed by atoms with Gasteiger partial charge in [0.25, 0.3) is 0 Å². The average Bonchev–Trinajstić information content (AvgIpc) is 3.25. The van der Waals surface area contributed by atoms with Crippen LogP contribution in [0.5, 0.6) is 0 Å². The minimum Gasteiger partial charge on any atom is -0.481 e. The normalized spacial score (nSPS) is 17.3.